The monoisotopic (exact) mass is 1900 g/mol. The molecule has 0 amide bonds. The standard InChI is InChI=1S/C20H17NO.C20H16NO.4C13H12N.CHF3O3S.2CH4O.2Ir/c2*1-13(2)14-10-11-21-18(12-14)17-8-5-7-16-15-6-3-4-9-19(15)22-20(16)17;4*1-10-8-13(14-9-11(10)2)12-6-4-3-5-7-12;2-1(3,4)8(5,6)7;2*1-2;;/h3-13H,1-2H3;3-7,9-13H,1-2H3;4*3-6,8-9H,1-2H3;(H,5,6,7);2*2H,1H3;;/q;5*-1;;;;2*+3/p-1. The zero-order chi connectivity index (χ0) is 81.1. The fourth-order valence-electron chi connectivity index (χ4n) is 11.0. The topological polar surface area (TPSA) is 201 Å². The second-order valence-electron chi connectivity index (χ2n) is 26.4. The van der Waals surface area contributed by atoms with Crippen molar-refractivity contribution in [1.29, 1.82) is 0 Å². The molecule has 0 aliphatic heterocycles. The van der Waals surface area contributed by atoms with Gasteiger partial charge in [-0.05, 0) is 160 Å². The predicted molar refractivity (Wildman–Crippen MR) is 445 cm³/mol. The van der Waals surface area contributed by atoms with Gasteiger partial charge in [0.2, 0.25) is 0 Å². The summed E-state index contributed by atoms with van der Waals surface area (Å²) in [6.45, 7) is 25.4. The molecule has 0 atom stereocenters. The average Bonchev–Trinajstić information content (AvgIpc) is 1.71. The molecule has 16 aromatic rings. The van der Waals surface area contributed by atoms with Gasteiger partial charge in [0.25, 0.3) is 0 Å². The van der Waals surface area contributed by atoms with Crippen LogP contribution < -0.4 is 0 Å². The molecule has 114 heavy (non-hydrogen) atoms. The van der Waals surface area contributed by atoms with Crippen LogP contribution >= 0.6 is 0 Å². The van der Waals surface area contributed by atoms with Gasteiger partial charge in [-0.2, -0.15) is 13.2 Å². The van der Waals surface area contributed by atoms with Crippen molar-refractivity contribution < 1.29 is 85.4 Å². The van der Waals surface area contributed by atoms with E-state index >= 15 is 0 Å². The van der Waals surface area contributed by atoms with E-state index in [4.69, 9.17) is 32.0 Å². The van der Waals surface area contributed by atoms with E-state index in [0.29, 0.717) is 11.8 Å². The molecule has 8 aromatic heterocycles. The number of hydrogen-bond acceptors (Lipinski definition) is 13. The summed E-state index contributed by atoms with van der Waals surface area (Å²) in [4.78, 5) is 26.6. The van der Waals surface area contributed by atoms with E-state index < -0.39 is 15.6 Å². The van der Waals surface area contributed by atoms with Gasteiger partial charge in [0.1, 0.15) is 16.7 Å². The second-order valence-corrected chi connectivity index (χ2v) is 27.7. The van der Waals surface area contributed by atoms with E-state index in [1.165, 1.54) is 55.6 Å². The van der Waals surface area contributed by atoms with Crippen molar-refractivity contribution in [3.63, 3.8) is 0 Å². The fourth-order valence-corrected chi connectivity index (χ4v) is 11.0. The molecule has 0 aliphatic rings. The summed E-state index contributed by atoms with van der Waals surface area (Å²) in [6, 6.07) is 90.9. The minimum atomic E-state index is -6.09. The molecule has 0 unspecified atom stereocenters. The van der Waals surface area contributed by atoms with Crippen LogP contribution in [0.1, 0.15) is 95.2 Å². The Morgan fingerprint density at radius 3 is 1.01 bits per heavy atom. The van der Waals surface area contributed by atoms with Crippen LogP contribution in [0.4, 0.5) is 13.2 Å². The number of aromatic nitrogens is 6. The Morgan fingerprint density at radius 1 is 0.360 bits per heavy atom. The second kappa shape index (κ2) is 44.6. The van der Waals surface area contributed by atoms with Crippen LogP contribution in [0.25, 0.3) is 111 Å². The first-order valence-corrected chi connectivity index (χ1v) is 37.4. The molecular weight excluding hydrogens is 1810 g/mol. The summed E-state index contributed by atoms with van der Waals surface area (Å²) in [5.41, 5.74) is 22.5. The van der Waals surface area contributed by atoms with Crippen LogP contribution in [-0.4, -0.2) is 72.8 Å². The Morgan fingerprint density at radius 2 is 0.675 bits per heavy atom. The summed E-state index contributed by atoms with van der Waals surface area (Å²) in [7, 11) is -4.09. The first-order valence-electron chi connectivity index (χ1n) is 36.0. The number of rotatable bonds is 8. The third-order valence-corrected chi connectivity index (χ3v) is 18.5. The fraction of sp³-hybridized carbons (Fsp3) is 0.179. The molecule has 8 aromatic carbocycles. The maximum atomic E-state index is 10.7. The smallest absolute Gasteiger partial charge is 0.741 e. The number of aliphatic hydroxyl groups is 2. The number of benzene rings is 8. The Balaban J connectivity index is 0.000000209. The molecule has 0 aliphatic carbocycles. The van der Waals surface area contributed by atoms with Gasteiger partial charge < -0.3 is 48.5 Å². The van der Waals surface area contributed by atoms with Crippen molar-refractivity contribution in [3.8, 4) is 67.5 Å². The number of para-hydroxylation sites is 3. The zero-order valence-corrected chi connectivity index (χ0v) is 71.4. The number of nitrogens with zero attached hydrogens (tertiary/aromatic N) is 6. The number of fused-ring (bicyclic) bond motifs is 6. The maximum absolute atomic E-state index is 10.7. The molecule has 586 valence electrons. The van der Waals surface area contributed by atoms with Crippen molar-refractivity contribution in [2.75, 3.05) is 14.2 Å². The SMILES string of the molecule is CC(C)c1ccnc(-c2[c-]ccc3c2oc2ccccc23)c1.CC(C)c1ccnc(-c2cccc3c2oc2ccccc23)c1.CO.CO.Cc1cnc(-c2[c-]cccc2)cc1C.Cc1cnc(-c2[c-]cccc2)cc1C.Cc1cnc(-c2[c-]cccc2)cc1C.Cc1cnc(-c2[c-]cccc2)cc1C.O=S(=O)([O-])C(F)(F)F.[Ir+3].[Ir+3]. The van der Waals surface area contributed by atoms with Gasteiger partial charge in [-0.3, -0.25) is 4.98 Å². The van der Waals surface area contributed by atoms with Crippen LogP contribution in [0, 0.1) is 85.7 Å². The number of aliphatic hydroxyl groups excluding tert-OH is 2. The summed E-state index contributed by atoms with van der Waals surface area (Å²) >= 11 is 0. The largest absolute Gasteiger partial charge is 3.00 e. The third-order valence-electron chi connectivity index (χ3n) is 17.9. The summed E-state index contributed by atoms with van der Waals surface area (Å²) in [6.07, 6.45) is 11.4. The Labute approximate surface area is 694 Å². The van der Waals surface area contributed by atoms with Crippen molar-refractivity contribution in [3.05, 3.63) is 348 Å². The van der Waals surface area contributed by atoms with E-state index in [0.717, 1.165) is 126 Å². The molecule has 0 radical (unpaired) electrons. The molecule has 0 fully saturated rings. The van der Waals surface area contributed by atoms with E-state index in [-0.39, 0.29) is 40.2 Å². The van der Waals surface area contributed by atoms with Crippen LogP contribution in [0.15, 0.2) is 270 Å². The molecule has 2 N–H and O–H groups in total. The van der Waals surface area contributed by atoms with Gasteiger partial charge in [0.15, 0.2) is 10.1 Å². The van der Waals surface area contributed by atoms with Crippen LogP contribution in [0.2, 0.25) is 0 Å². The van der Waals surface area contributed by atoms with Crippen LogP contribution in [-0.2, 0) is 50.3 Å². The molecular formula is C95H89F3Ir2N6O7S. The van der Waals surface area contributed by atoms with Crippen molar-refractivity contribution >= 4 is 54.0 Å². The molecule has 0 bridgehead atoms. The summed E-state index contributed by atoms with van der Waals surface area (Å²) in [5, 5.41) is 18.5. The van der Waals surface area contributed by atoms with E-state index in [1.54, 1.807) is 0 Å². The Kier molecular flexibility index (Phi) is 36.0. The Hall–Kier alpha value is -10.8. The number of hydrogen-bond donors (Lipinski definition) is 2. The third kappa shape index (κ3) is 25.3. The van der Waals surface area contributed by atoms with E-state index in [9.17, 15) is 13.2 Å². The van der Waals surface area contributed by atoms with Crippen molar-refractivity contribution in [2.24, 2.45) is 0 Å². The normalized spacial score (nSPS) is 10.5. The number of halogens is 3. The first-order chi connectivity index (χ1) is 53.8. The van der Waals surface area contributed by atoms with Gasteiger partial charge in [-0.15, -0.1) is 162 Å². The zero-order valence-electron chi connectivity index (χ0n) is 65.8. The molecule has 0 saturated carbocycles. The van der Waals surface area contributed by atoms with Crippen LogP contribution in [0.3, 0.4) is 0 Å². The van der Waals surface area contributed by atoms with E-state index in [2.05, 4.69) is 228 Å². The van der Waals surface area contributed by atoms with Gasteiger partial charge in [-0.1, -0.05) is 145 Å². The first kappa shape index (κ1) is 92.1. The van der Waals surface area contributed by atoms with Crippen molar-refractivity contribution in [1.82, 2.24) is 29.9 Å². The summed E-state index contributed by atoms with van der Waals surface area (Å²) < 4.78 is 71.1. The average molecular weight is 1900 g/mol. The number of pyridine rings is 6. The van der Waals surface area contributed by atoms with Gasteiger partial charge in [0.05, 0.1) is 11.3 Å². The number of alkyl halides is 3. The van der Waals surface area contributed by atoms with Gasteiger partial charge >= 0.3 is 45.7 Å². The van der Waals surface area contributed by atoms with Gasteiger partial charge in [-0.25, -0.2) is 8.42 Å². The molecule has 19 heteroatoms. The quantitative estimate of drug-likeness (QED) is 0.0827. The predicted octanol–water partition coefficient (Wildman–Crippen LogP) is 23.3. The number of aryl methyl sites for hydroxylation is 8. The minimum Gasteiger partial charge on any atom is -0.741 e. The molecule has 0 saturated heterocycles. The van der Waals surface area contributed by atoms with Crippen LogP contribution in [0.5, 0.6) is 0 Å². The molecule has 8 heterocycles. The summed E-state index contributed by atoms with van der Waals surface area (Å²) in [5.74, 6) is 0.952. The molecule has 0 spiro atoms. The maximum Gasteiger partial charge on any atom is 3.00 e. The van der Waals surface area contributed by atoms with E-state index in [1.807, 2.05) is 177 Å². The molecule has 16 rings (SSSR count). The minimum absolute atomic E-state index is 0. The Bertz CT molecular complexity index is 5290. The number of furan rings is 2. The molecule has 13 nitrogen and oxygen atoms in total. The van der Waals surface area contributed by atoms with Gasteiger partial charge in [0, 0.05) is 73.1 Å². The van der Waals surface area contributed by atoms with Crippen molar-refractivity contribution in [2.45, 2.75) is 100 Å².